The number of fused-ring (bicyclic) bond motifs is 1. The quantitative estimate of drug-likeness (QED) is 0.0301. The van der Waals surface area contributed by atoms with Gasteiger partial charge in [-0.2, -0.15) is 0 Å². The molecule has 88 heavy (non-hydrogen) atoms. The molecule has 6 heterocycles. The molecule has 11 N–H and O–H groups in total. The third-order valence-corrected chi connectivity index (χ3v) is 16.7. The Morgan fingerprint density at radius 3 is 1.86 bits per heavy atom. The van der Waals surface area contributed by atoms with Crippen molar-refractivity contribution in [2.75, 3.05) is 26.2 Å². The molecular formula is C56H72N12O19S. The van der Waals surface area contributed by atoms with Gasteiger partial charge >= 0.3 is 17.9 Å². The number of aromatic nitrogens is 1. The van der Waals surface area contributed by atoms with Gasteiger partial charge in [0.1, 0.15) is 72.5 Å². The summed E-state index contributed by atoms with van der Waals surface area (Å²) in [6, 6.07) is -1.75. The fourth-order valence-corrected chi connectivity index (χ4v) is 12.1. The third kappa shape index (κ3) is 16.9. The van der Waals surface area contributed by atoms with E-state index in [9.17, 15) is 77.6 Å². The minimum Gasteiger partial charge on any atom is -0.481 e. The number of rotatable bonds is 28. The third-order valence-electron chi connectivity index (χ3n) is 15.6. The van der Waals surface area contributed by atoms with Gasteiger partial charge in [0.15, 0.2) is 10.8 Å². The van der Waals surface area contributed by atoms with Crippen LogP contribution < -0.4 is 32.3 Å². The molecule has 7 rings (SSSR count). The number of carbonyl (C=O) groups excluding carboxylic acids is 10. The topological polar surface area (TPSA) is 450 Å². The van der Waals surface area contributed by atoms with Gasteiger partial charge in [0.05, 0.1) is 22.9 Å². The molecule has 11 atom stereocenters. The number of hydrogen-bond donors (Lipinski definition) is 10. The van der Waals surface area contributed by atoms with E-state index in [1.54, 1.807) is 12.1 Å². The number of furan rings is 1. The Hall–Kier alpha value is -9.07. The highest BCUT2D eigenvalue weighted by Crippen LogP contribution is 2.32. The van der Waals surface area contributed by atoms with E-state index in [1.807, 2.05) is 24.3 Å². The van der Waals surface area contributed by atoms with Crippen molar-refractivity contribution in [1.82, 2.24) is 51.2 Å². The van der Waals surface area contributed by atoms with Crippen LogP contribution in [0.15, 0.2) is 46.0 Å². The number of thiazole rings is 1. The normalized spacial score (nSPS) is 21.2. The molecule has 0 unspecified atom stereocenters. The number of hydrogen-bond acceptors (Lipinski definition) is 19. The molecule has 476 valence electrons. The number of carboxylic acids is 3. The Bertz CT molecular complexity index is 3150. The molecule has 31 nitrogen and oxygen atoms in total. The SMILES string of the molecule is CC(=O)N1CCC[C@H]1C(=O)N[C@@H](CCC(=O)O)C(=O)N1C[C@H](O/N=C/c2ccc(-c3nc4ccccc4s3)o2)C[C@H]1C(=O)N[C@H](C(=O)N[C@@H](C)C(=O)N1CCC[C@H]1C(=O)N1CCC[C@H]1C(=O)N[C@@H](CCC(=O)O)C(=O)N[C@@H](CCC(=O)O)C(N)=O)[C@@H](C)O. The summed E-state index contributed by atoms with van der Waals surface area (Å²) in [5, 5.41) is 56.1. The lowest BCUT2D eigenvalue weighted by atomic mass is 10.1. The van der Waals surface area contributed by atoms with Crippen LogP contribution in [-0.4, -0.2) is 221 Å². The van der Waals surface area contributed by atoms with E-state index < -0.39 is 176 Å². The number of carbonyl (C=O) groups is 13. The smallest absolute Gasteiger partial charge is 0.303 e. The molecule has 0 saturated carbocycles. The van der Waals surface area contributed by atoms with Gasteiger partial charge in [-0.1, -0.05) is 17.3 Å². The van der Waals surface area contributed by atoms with Crippen molar-refractivity contribution < 1.29 is 92.0 Å². The van der Waals surface area contributed by atoms with Gasteiger partial charge < -0.3 is 81.6 Å². The highest BCUT2D eigenvalue weighted by molar-refractivity contribution is 7.21. The summed E-state index contributed by atoms with van der Waals surface area (Å²) in [5.41, 5.74) is 6.14. The van der Waals surface area contributed by atoms with E-state index in [0.717, 1.165) is 15.1 Å². The van der Waals surface area contributed by atoms with Crippen molar-refractivity contribution >= 4 is 105 Å². The lowest BCUT2D eigenvalue weighted by Gasteiger charge is -2.33. The fourth-order valence-electron chi connectivity index (χ4n) is 11.1. The summed E-state index contributed by atoms with van der Waals surface area (Å²) in [7, 11) is 0. The maximum Gasteiger partial charge on any atom is 0.303 e. The lowest BCUT2D eigenvalue weighted by molar-refractivity contribution is -0.148. The zero-order valence-corrected chi connectivity index (χ0v) is 49.3. The van der Waals surface area contributed by atoms with Crippen LogP contribution in [0.25, 0.3) is 21.0 Å². The molecular weight excluding hydrogens is 1180 g/mol. The van der Waals surface area contributed by atoms with E-state index in [0.29, 0.717) is 30.0 Å². The second-order valence-corrected chi connectivity index (χ2v) is 23.0. The summed E-state index contributed by atoms with van der Waals surface area (Å²) in [6.07, 6.45) is -3.14. The van der Waals surface area contributed by atoms with E-state index in [4.69, 9.17) is 20.1 Å². The number of nitrogens with one attached hydrogen (secondary N) is 5. The number of aliphatic hydroxyl groups is 1. The highest BCUT2D eigenvalue weighted by atomic mass is 32.1. The van der Waals surface area contributed by atoms with Crippen LogP contribution in [0.5, 0.6) is 0 Å². The predicted octanol–water partition coefficient (Wildman–Crippen LogP) is -1.23. The summed E-state index contributed by atoms with van der Waals surface area (Å²) < 4.78 is 6.88. The summed E-state index contributed by atoms with van der Waals surface area (Å²) >= 11 is 1.41. The first-order valence-corrected chi connectivity index (χ1v) is 29.6. The van der Waals surface area contributed by atoms with Crippen molar-refractivity contribution in [3.8, 4) is 10.8 Å². The molecule has 3 aromatic rings. The number of aliphatic carboxylic acids is 3. The first-order chi connectivity index (χ1) is 41.8. The van der Waals surface area contributed by atoms with Gasteiger partial charge in [-0.05, 0) is 95.9 Å². The molecule has 0 bridgehead atoms. The fraction of sp³-hybridized carbons (Fsp3) is 0.554. The van der Waals surface area contributed by atoms with E-state index in [1.165, 1.54) is 53.0 Å². The first kappa shape index (κ1) is 66.5. The Morgan fingerprint density at radius 2 is 1.25 bits per heavy atom. The molecule has 4 aliphatic heterocycles. The zero-order chi connectivity index (χ0) is 64.1. The zero-order valence-electron chi connectivity index (χ0n) is 48.5. The predicted molar refractivity (Wildman–Crippen MR) is 307 cm³/mol. The van der Waals surface area contributed by atoms with Crippen molar-refractivity contribution in [2.24, 2.45) is 10.9 Å². The first-order valence-electron chi connectivity index (χ1n) is 28.8. The Balaban J connectivity index is 1.03. The van der Waals surface area contributed by atoms with Crippen LogP contribution in [0, 0.1) is 0 Å². The summed E-state index contributed by atoms with van der Waals surface area (Å²) in [5.74, 6) is -11.7. The number of nitrogens with two attached hydrogens (primary N) is 1. The highest BCUT2D eigenvalue weighted by Gasteiger charge is 2.47. The van der Waals surface area contributed by atoms with E-state index in [-0.39, 0.29) is 63.5 Å². The molecule has 10 amide bonds. The average Bonchev–Trinajstić information content (AvgIpc) is 3.75. The van der Waals surface area contributed by atoms with Crippen LogP contribution in [0.4, 0.5) is 0 Å². The molecule has 4 saturated heterocycles. The molecule has 1 aromatic carbocycles. The van der Waals surface area contributed by atoms with Gasteiger partial charge in [0.2, 0.25) is 59.1 Å². The number of primary amides is 1. The van der Waals surface area contributed by atoms with E-state index >= 15 is 0 Å². The molecule has 0 aliphatic carbocycles. The summed E-state index contributed by atoms with van der Waals surface area (Å²) in [4.78, 5) is 187. The Kier molecular flexibility index (Phi) is 22.7. The van der Waals surface area contributed by atoms with Crippen LogP contribution in [0.3, 0.4) is 0 Å². The number of para-hydroxylation sites is 1. The largest absolute Gasteiger partial charge is 0.481 e. The number of oxime groups is 1. The van der Waals surface area contributed by atoms with Crippen molar-refractivity contribution in [3.05, 3.63) is 42.2 Å². The lowest BCUT2D eigenvalue weighted by Crippen LogP contribution is -2.61. The van der Waals surface area contributed by atoms with Crippen LogP contribution in [0.1, 0.15) is 110 Å². The molecule has 4 fully saturated rings. The van der Waals surface area contributed by atoms with Gasteiger partial charge in [-0.3, -0.25) is 62.3 Å². The molecule has 0 spiro atoms. The van der Waals surface area contributed by atoms with Gasteiger partial charge in [-0.25, -0.2) is 4.98 Å². The number of carboxylic acid groups (broad SMARTS) is 3. The van der Waals surface area contributed by atoms with Crippen molar-refractivity contribution in [1.29, 1.82) is 0 Å². The second-order valence-electron chi connectivity index (χ2n) is 22.0. The number of aliphatic hydroxyl groups excluding tert-OH is 1. The van der Waals surface area contributed by atoms with Crippen molar-refractivity contribution in [3.63, 3.8) is 0 Å². The van der Waals surface area contributed by atoms with Crippen LogP contribution >= 0.6 is 11.3 Å². The Morgan fingerprint density at radius 1 is 0.682 bits per heavy atom. The van der Waals surface area contributed by atoms with Gasteiger partial charge in [-0.15, -0.1) is 11.3 Å². The van der Waals surface area contributed by atoms with Crippen molar-refractivity contribution in [2.45, 2.75) is 171 Å². The second kappa shape index (κ2) is 30.0. The molecule has 2 aromatic heterocycles. The Labute approximate surface area is 507 Å². The minimum atomic E-state index is -1.79. The molecule has 32 heteroatoms. The minimum absolute atomic E-state index is 0.0339. The molecule has 0 radical (unpaired) electrons. The van der Waals surface area contributed by atoms with Gasteiger partial charge in [0.25, 0.3) is 0 Å². The van der Waals surface area contributed by atoms with E-state index in [2.05, 4.69) is 36.7 Å². The number of amides is 10. The molecule has 4 aliphatic rings. The number of nitrogens with zero attached hydrogens (tertiary/aromatic N) is 6. The standard InChI is InChI=1S/C56H72N12O19S/c1-28(54(83)67-24-8-12-39(67)56(85)66-23-7-11-38(66)50(80)61-35(16-20-44(73)74)48(78)60-34(47(57)77)15-19-43(71)72)59-52(82)46(29(2)69)64-51(81)40-25-32(87-58-26-31-14-18-41(86-31)53-63-33-9-4-5-13-42(33)88-53)27-68(40)55(84)36(17-21-45(75)76)62-49(79)37-10-6-22-65(37)30(3)70/h4-5,9,13-14,18,26,28-29,32,34-40,46,69H,6-8,10-12,15-17,19-25,27H2,1-3H3,(H2,57,77)(H,59,82)(H,60,78)(H,61,80)(H,62,79)(H,64,81)(H,71,72)(H,73,74)(H,75,76)/b58-26+/t28-,29+,32+,34-,35-,36-,37-,38-,39-,40-,46-/m0/s1. The monoisotopic (exact) mass is 1250 g/mol. The van der Waals surface area contributed by atoms with Gasteiger partial charge in [0, 0.05) is 52.2 Å². The van der Waals surface area contributed by atoms with Crippen LogP contribution in [0.2, 0.25) is 0 Å². The van der Waals surface area contributed by atoms with Crippen LogP contribution in [-0.2, 0) is 67.2 Å². The summed E-state index contributed by atoms with van der Waals surface area (Å²) in [6.45, 7) is 3.76. The average molecular weight is 1250 g/mol. The number of likely N-dealkylation sites (tertiary alicyclic amines) is 4. The maximum absolute atomic E-state index is 14.7. The maximum atomic E-state index is 14.7. The number of benzene rings is 1.